The van der Waals surface area contributed by atoms with E-state index in [0.29, 0.717) is 53.6 Å². The largest absolute Gasteiger partial charge is 0.496 e. The van der Waals surface area contributed by atoms with Gasteiger partial charge < -0.3 is 25.3 Å². The Hall–Kier alpha value is -4.28. The predicted octanol–water partition coefficient (Wildman–Crippen LogP) is 3.55. The first kappa shape index (κ1) is 25.4. The normalized spacial score (nSPS) is 16.7. The summed E-state index contributed by atoms with van der Waals surface area (Å²) in [7, 11) is 3.20. The average molecular weight is 515 g/mol. The molecule has 0 saturated carbocycles. The molecule has 10 heteroatoms. The molecule has 2 heterocycles. The second kappa shape index (κ2) is 11.4. The maximum absolute atomic E-state index is 12.6. The molecule has 0 radical (unpaired) electrons. The zero-order valence-electron chi connectivity index (χ0n) is 21.3. The quantitative estimate of drug-likeness (QED) is 0.243. The summed E-state index contributed by atoms with van der Waals surface area (Å²) in [5, 5.41) is 8.57. The first-order valence-electron chi connectivity index (χ1n) is 12.4. The molecule has 0 fully saturated rings. The first-order chi connectivity index (χ1) is 18.6. The highest BCUT2D eigenvalue weighted by Crippen LogP contribution is 2.34. The first-order valence-corrected chi connectivity index (χ1v) is 12.4. The van der Waals surface area contributed by atoms with Crippen LogP contribution in [0.3, 0.4) is 0 Å². The molecular weight excluding hydrogens is 484 g/mol. The third kappa shape index (κ3) is 5.22. The Morgan fingerprint density at radius 1 is 1.08 bits per heavy atom. The number of hydrogen-bond donors (Lipinski definition) is 2. The molecule has 1 aliphatic carbocycles. The summed E-state index contributed by atoms with van der Waals surface area (Å²) in [5.41, 5.74) is 9.98. The lowest BCUT2D eigenvalue weighted by Gasteiger charge is -2.14. The Morgan fingerprint density at radius 2 is 1.89 bits per heavy atom. The van der Waals surface area contributed by atoms with Crippen LogP contribution in [0.15, 0.2) is 67.0 Å². The fourth-order valence-corrected chi connectivity index (χ4v) is 4.55. The van der Waals surface area contributed by atoms with Crippen molar-refractivity contribution in [3.8, 4) is 17.0 Å². The van der Waals surface area contributed by atoms with E-state index in [1.54, 1.807) is 32.4 Å². The van der Waals surface area contributed by atoms with Gasteiger partial charge in [0.2, 0.25) is 0 Å². The standard InChI is InChI=1S/C28H30N6O4/c1-36-13-14-38-21-12-11-20(15-21)34-27-24(26(29)31-17-32-27)25(33-34)19-9-7-18(8-10-19)16-30-28(35)22-5-3-4-6-23(22)37-2/h3-12,17,20-21H,13-16H2,1-2H3,(H,30,35)(H2,29,31,32). The Morgan fingerprint density at radius 3 is 2.68 bits per heavy atom. The van der Waals surface area contributed by atoms with Gasteiger partial charge in [-0.25, -0.2) is 14.6 Å². The van der Waals surface area contributed by atoms with Crippen LogP contribution in [0.2, 0.25) is 0 Å². The van der Waals surface area contributed by atoms with Gasteiger partial charge in [0.05, 0.1) is 43.4 Å². The van der Waals surface area contributed by atoms with Gasteiger partial charge in [-0.3, -0.25) is 4.79 Å². The number of nitrogens with two attached hydrogens (primary N) is 1. The van der Waals surface area contributed by atoms with Gasteiger partial charge in [-0.2, -0.15) is 5.10 Å². The second-order valence-corrected chi connectivity index (χ2v) is 8.92. The lowest BCUT2D eigenvalue weighted by Crippen LogP contribution is -2.23. The van der Waals surface area contributed by atoms with Crippen molar-refractivity contribution in [2.24, 2.45) is 0 Å². The number of anilines is 1. The van der Waals surface area contributed by atoms with Crippen LogP contribution in [0.1, 0.15) is 28.4 Å². The summed E-state index contributed by atoms with van der Waals surface area (Å²) >= 11 is 0. The number of ether oxygens (including phenoxy) is 3. The molecule has 3 N–H and O–H groups in total. The molecule has 2 aromatic carbocycles. The smallest absolute Gasteiger partial charge is 0.255 e. The summed E-state index contributed by atoms with van der Waals surface area (Å²) in [6.45, 7) is 1.45. The minimum atomic E-state index is -0.199. The number of fused-ring (bicyclic) bond motifs is 1. The van der Waals surface area contributed by atoms with Crippen molar-refractivity contribution >= 4 is 22.8 Å². The molecular formula is C28H30N6O4. The van der Waals surface area contributed by atoms with Gasteiger partial charge in [-0.1, -0.05) is 48.6 Å². The molecule has 0 spiro atoms. The van der Waals surface area contributed by atoms with E-state index in [-0.39, 0.29) is 18.1 Å². The molecule has 38 heavy (non-hydrogen) atoms. The van der Waals surface area contributed by atoms with E-state index in [1.165, 1.54) is 6.33 Å². The minimum absolute atomic E-state index is 0.0117. The third-order valence-electron chi connectivity index (χ3n) is 6.51. The van der Waals surface area contributed by atoms with Gasteiger partial charge in [0.15, 0.2) is 5.65 Å². The van der Waals surface area contributed by atoms with Crippen LogP contribution in [-0.4, -0.2) is 59.2 Å². The number of amides is 1. The van der Waals surface area contributed by atoms with Crippen LogP contribution in [0.4, 0.5) is 5.82 Å². The zero-order valence-corrected chi connectivity index (χ0v) is 21.3. The van der Waals surface area contributed by atoms with Crippen molar-refractivity contribution in [3.05, 3.63) is 78.1 Å². The molecule has 1 amide bonds. The lowest BCUT2D eigenvalue weighted by atomic mass is 10.1. The maximum Gasteiger partial charge on any atom is 0.255 e. The van der Waals surface area contributed by atoms with E-state index in [2.05, 4.69) is 21.4 Å². The topological polar surface area (TPSA) is 126 Å². The summed E-state index contributed by atoms with van der Waals surface area (Å²) in [6.07, 6.45) is 6.32. The Balaban J connectivity index is 1.34. The third-order valence-corrected chi connectivity index (χ3v) is 6.51. The number of allylic oxidation sites excluding steroid dienone is 1. The van der Waals surface area contributed by atoms with Crippen LogP contribution < -0.4 is 15.8 Å². The predicted molar refractivity (Wildman–Crippen MR) is 144 cm³/mol. The highest BCUT2D eigenvalue weighted by atomic mass is 16.5. The zero-order chi connectivity index (χ0) is 26.5. The summed E-state index contributed by atoms with van der Waals surface area (Å²) in [5.74, 6) is 0.710. The number of rotatable bonds is 10. The molecule has 0 aliphatic heterocycles. The molecule has 2 atom stereocenters. The molecule has 0 saturated heterocycles. The number of nitrogen functional groups attached to an aromatic ring is 1. The number of methoxy groups -OCH3 is 2. The molecule has 2 unspecified atom stereocenters. The average Bonchev–Trinajstić information content (AvgIpc) is 3.58. The van der Waals surface area contributed by atoms with Gasteiger partial charge in [-0.15, -0.1) is 0 Å². The number of hydrogen-bond acceptors (Lipinski definition) is 8. The SMILES string of the molecule is COCCOC1C=CC(n2nc(-c3ccc(CNC(=O)c4ccccc4OC)cc3)c3c(N)ncnc32)C1. The van der Waals surface area contributed by atoms with Crippen LogP contribution in [0.25, 0.3) is 22.3 Å². The molecule has 4 aromatic rings. The van der Waals surface area contributed by atoms with Crippen molar-refractivity contribution in [3.63, 3.8) is 0 Å². The van der Waals surface area contributed by atoms with Crippen LogP contribution >= 0.6 is 0 Å². The Kier molecular flexibility index (Phi) is 7.62. The molecule has 10 nitrogen and oxygen atoms in total. The molecule has 2 aromatic heterocycles. The number of para-hydroxylation sites is 1. The molecule has 1 aliphatic rings. The van der Waals surface area contributed by atoms with E-state index in [9.17, 15) is 4.79 Å². The van der Waals surface area contributed by atoms with E-state index >= 15 is 0 Å². The van der Waals surface area contributed by atoms with E-state index in [0.717, 1.165) is 17.5 Å². The summed E-state index contributed by atoms with van der Waals surface area (Å²) < 4.78 is 18.1. The summed E-state index contributed by atoms with van der Waals surface area (Å²) in [6, 6.07) is 15.0. The fourth-order valence-electron chi connectivity index (χ4n) is 4.55. The van der Waals surface area contributed by atoms with Crippen molar-refractivity contribution < 1.29 is 19.0 Å². The minimum Gasteiger partial charge on any atom is -0.496 e. The van der Waals surface area contributed by atoms with Crippen molar-refractivity contribution in [2.45, 2.75) is 25.1 Å². The maximum atomic E-state index is 12.6. The molecule has 0 bridgehead atoms. The Labute approximate surface area is 220 Å². The highest BCUT2D eigenvalue weighted by Gasteiger charge is 2.26. The number of carbonyl (C=O) groups is 1. The van der Waals surface area contributed by atoms with Crippen LogP contribution in [0, 0.1) is 0 Å². The monoisotopic (exact) mass is 514 g/mol. The van der Waals surface area contributed by atoms with Crippen molar-refractivity contribution in [2.75, 3.05) is 33.2 Å². The van der Waals surface area contributed by atoms with Crippen LogP contribution in [-0.2, 0) is 16.0 Å². The van der Waals surface area contributed by atoms with Gasteiger partial charge >= 0.3 is 0 Å². The van der Waals surface area contributed by atoms with Gasteiger partial charge in [-0.05, 0) is 17.7 Å². The van der Waals surface area contributed by atoms with E-state index < -0.39 is 0 Å². The lowest BCUT2D eigenvalue weighted by molar-refractivity contribution is 0.0363. The number of nitrogens with one attached hydrogen (secondary N) is 1. The number of nitrogens with zero attached hydrogens (tertiary/aromatic N) is 4. The number of carbonyl (C=O) groups excluding carboxylic acids is 1. The molecule has 196 valence electrons. The second-order valence-electron chi connectivity index (χ2n) is 8.92. The van der Waals surface area contributed by atoms with Crippen LogP contribution in [0.5, 0.6) is 5.75 Å². The van der Waals surface area contributed by atoms with Crippen molar-refractivity contribution in [1.82, 2.24) is 25.1 Å². The van der Waals surface area contributed by atoms with Gasteiger partial charge in [0.25, 0.3) is 5.91 Å². The number of aromatic nitrogens is 4. The van der Waals surface area contributed by atoms with Gasteiger partial charge in [0, 0.05) is 25.6 Å². The molecule has 5 rings (SSSR count). The van der Waals surface area contributed by atoms with Crippen molar-refractivity contribution in [1.29, 1.82) is 0 Å². The van der Waals surface area contributed by atoms with E-state index in [4.69, 9.17) is 25.0 Å². The highest BCUT2D eigenvalue weighted by molar-refractivity contribution is 5.98. The fraction of sp³-hybridized carbons (Fsp3) is 0.286. The van der Waals surface area contributed by atoms with Gasteiger partial charge in [0.1, 0.15) is 23.6 Å². The number of benzene rings is 2. The van der Waals surface area contributed by atoms with E-state index in [1.807, 2.05) is 41.1 Å². The summed E-state index contributed by atoms with van der Waals surface area (Å²) in [4.78, 5) is 21.3. The Bertz CT molecular complexity index is 1450.